The quantitative estimate of drug-likeness (QED) is 0.768. The number of carbonyl (C=O) groups excluding carboxylic acids is 1. The van der Waals surface area contributed by atoms with E-state index in [2.05, 4.69) is 10.3 Å². The van der Waals surface area contributed by atoms with E-state index in [0.717, 1.165) is 16.5 Å². The first-order valence-corrected chi connectivity index (χ1v) is 5.46. The SMILES string of the molecule is O=C1CC(c2ccc(Cl)c3cccnc23)N1. The molecule has 0 bridgehead atoms. The summed E-state index contributed by atoms with van der Waals surface area (Å²) in [6.45, 7) is 0. The third kappa shape index (κ3) is 1.36. The zero-order valence-electron chi connectivity index (χ0n) is 8.40. The predicted molar refractivity (Wildman–Crippen MR) is 62.3 cm³/mol. The number of β-lactam (4-membered cyclic amide) rings is 1. The molecule has 1 N–H and O–H groups in total. The van der Waals surface area contributed by atoms with Gasteiger partial charge in [0.05, 0.1) is 18.0 Å². The molecule has 0 aliphatic carbocycles. The third-order valence-electron chi connectivity index (χ3n) is 2.85. The molecule has 1 aromatic heterocycles. The van der Waals surface area contributed by atoms with Crippen LogP contribution in [0.3, 0.4) is 0 Å². The zero-order valence-corrected chi connectivity index (χ0v) is 9.16. The van der Waals surface area contributed by atoms with Crippen LogP contribution in [0.2, 0.25) is 5.02 Å². The van der Waals surface area contributed by atoms with E-state index < -0.39 is 0 Å². The summed E-state index contributed by atoms with van der Waals surface area (Å²) in [6, 6.07) is 7.67. The maximum absolute atomic E-state index is 10.9. The number of fused-ring (bicyclic) bond motifs is 1. The Morgan fingerprint density at radius 1 is 1.38 bits per heavy atom. The largest absolute Gasteiger partial charge is 0.349 e. The number of nitrogens with zero attached hydrogens (tertiary/aromatic N) is 1. The monoisotopic (exact) mass is 232 g/mol. The van der Waals surface area contributed by atoms with Crippen LogP contribution in [0.5, 0.6) is 0 Å². The van der Waals surface area contributed by atoms with Crippen molar-refractivity contribution < 1.29 is 4.79 Å². The fourth-order valence-electron chi connectivity index (χ4n) is 1.99. The molecule has 1 atom stereocenters. The topological polar surface area (TPSA) is 42.0 Å². The van der Waals surface area contributed by atoms with Gasteiger partial charge in [-0.2, -0.15) is 0 Å². The average molecular weight is 233 g/mol. The van der Waals surface area contributed by atoms with Gasteiger partial charge in [0.1, 0.15) is 0 Å². The zero-order chi connectivity index (χ0) is 11.1. The van der Waals surface area contributed by atoms with E-state index in [9.17, 15) is 4.79 Å². The fourth-order valence-corrected chi connectivity index (χ4v) is 2.20. The van der Waals surface area contributed by atoms with Crippen molar-refractivity contribution in [1.29, 1.82) is 0 Å². The Kier molecular flexibility index (Phi) is 2.07. The molecule has 80 valence electrons. The van der Waals surface area contributed by atoms with E-state index in [1.165, 1.54) is 0 Å². The van der Waals surface area contributed by atoms with E-state index in [0.29, 0.717) is 11.4 Å². The standard InChI is InChI=1S/C12H9ClN2O/c13-9-4-3-8(10-6-11(16)15-10)12-7(9)2-1-5-14-12/h1-5,10H,6H2,(H,15,16). The summed E-state index contributed by atoms with van der Waals surface area (Å²) in [4.78, 5) is 15.3. The van der Waals surface area contributed by atoms with Crippen LogP contribution in [0.4, 0.5) is 0 Å². The van der Waals surface area contributed by atoms with Gasteiger partial charge in [-0.25, -0.2) is 0 Å². The Morgan fingerprint density at radius 2 is 2.19 bits per heavy atom. The lowest BCUT2D eigenvalue weighted by molar-refractivity contribution is -0.128. The van der Waals surface area contributed by atoms with Crippen LogP contribution in [-0.4, -0.2) is 10.9 Å². The molecule has 2 aromatic rings. The van der Waals surface area contributed by atoms with Crippen LogP contribution >= 0.6 is 11.6 Å². The summed E-state index contributed by atoms with van der Waals surface area (Å²) in [5.41, 5.74) is 1.92. The lowest BCUT2D eigenvalue weighted by Gasteiger charge is -2.27. The molecule has 0 spiro atoms. The summed E-state index contributed by atoms with van der Waals surface area (Å²) in [5, 5.41) is 4.47. The number of amides is 1. The summed E-state index contributed by atoms with van der Waals surface area (Å²) >= 11 is 6.10. The summed E-state index contributed by atoms with van der Waals surface area (Å²) in [5.74, 6) is 0.0871. The molecule has 3 rings (SSSR count). The minimum absolute atomic E-state index is 0.0853. The smallest absolute Gasteiger partial charge is 0.222 e. The molecule has 1 saturated heterocycles. The lowest BCUT2D eigenvalue weighted by Crippen LogP contribution is -2.41. The lowest BCUT2D eigenvalue weighted by atomic mass is 9.95. The first-order valence-electron chi connectivity index (χ1n) is 5.08. The number of pyridine rings is 1. The van der Waals surface area contributed by atoms with E-state index in [1.807, 2.05) is 24.3 Å². The maximum atomic E-state index is 10.9. The Labute approximate surface area is 97.4 Å². The van der Waals surface area contributed by atoms with Gasteiger partial charge >= 0.3 is 0 Å². The molecule has 1 fully saturated rings. The van der Waals surface area contributed by atoms with Gasteiger partial charge in [0.15, 0.2) is 0 Å². The van der Waals surface area contributed by atoms with Crippen molar-refractivity contribution in [3.63, 3.8) is 0 Å². The highest BCUT2D eigenvalue weighted by atomic mass is 35.5. The number of nitrogens with one attached hydrogen (secondary N) is 1. The number of hydrogen-bond acceptors (Lipinski definition) is 2. The minimum atomic E-state index is 0.0853. The van der Waals surface area contributed by atoms with Gasteiger partial charge in [0.2, 0.25) is 5.91 Å². The maximum Gasteiger partial charge on any atom is 0.222 e. The average Bonchev–Trinajstić information content (AvgIpc) is 2.27. The number of halogens is 1. The van der Waals surface area contributed by atoms with Crippen LogP contribution in [0.25, 0.3) is 10.9 Å². The minimum Gasteiger partial charge on any atom is -0.349 e. The van der Waals surface area contributed by atoms with Crippen molar-refractivity contribution in [2.24, 2.45) is 0 Å². The second-order valence-corrected chi connectivity index (χ2v) is 4.27. The highest BCUT2D eigenvalue weighted by Crippen LogP contribution is 2.32. The molecule has 16 heavy (non-hydrogen) atoms. The molecule has 1 unspecified atom stereocenters. The van der Waals surface area contributed by atoms with Crippen LogP contribution in [0.15, 0.2) is 30.5 Å². The molecule has 1 aliphatic rings. The van der Waals surface area contributed by atoms with E-state index >= 15 is 0 Å². The van der Waals surface area contributed by atoms with Crippen molar-refractivity contribution in [1.82, 2.24) is 10.3 Å². The van der Waals surface area contributed by atoms with Crippen LogP contribution in [-0.2, 0) is 4.79 Å². The number of aromatic nitrogens is 1. The van der Waals surface area contributed by atoms with Gasteiger partial charge in [-0.05, 0) is 18.2 Å². The van der Waals surface area contributed by atoms with Crippen molar-refractivity contribution >= 4 is 28.4 Å². The second kappa shape index (κ2) is 3.46. The number of rotatable bonds is 1. The highest BCUT2D eigenvalue weighted by molar-refractivity contribution is 6.35. The van der Waals surface area contributed by atoms with Gasteiger partial charge in [0, 0.05) is 22.2 Å². The van der Waals surface area contributed by atoms with Crippen LogP contribution in [0, 0.1) is 0 Å². The van der Waals surface area contributed by atoms with E-state index in [1.54, 1.807) is 6.20 Å². The molecule has 1 aromatic carbocycles. The molecule has 0 saturated carbocycles. The number of carbonyl (C=O) groups is 1. The Hall–Kier alpha value is -1.61. The second-order valence-electron chi connectivity index (χ2n) is 3.86. The Morgan fingerprint density at radius 3 is 2.94 bits per heavy atom. The molecular weight excluding hydrogens is 224 g/mol. The Balaban J connectivity index is 2.18. The molecule has 0 radical (unpaired) electrons. The molecule has 4 heteroatoms. The predicted octanol–water partition coefficient (Wildman–Crippen LogP) is 2.45. The van der Waals surface area contributed by atoms with Crippen LogP contribution < -0.4 is 5.32 Å². The summed E-state index contributed by atoms with van der Waals surface area (Å²) in [7, 11) is 0. The first kappa shape index (κ1) is 9.60. The number of benzene rings is 1. The highest BCUT2D eigenvalue weighted by Gasteiger charge is 2.28. The Bertz CT molecular complexity index is 574. The summed E-state index contributed by atoms with van der Waals surface area (Å²) < 4.78 is 0. The molecule has 1 aliphatic heterocycles. The van der Waals surface area contributed by atoms with Gasteiger partial charge in [-0.15, -0.1) is 0 Å². The fraction of sp³-hybridized carbons (Fsp3) is 0.167. The van der Waals surface area contributed by atoms with Gasteiger partial charge in [0.25, 0.3) is 0 Å². The summed E-state index contributed by atoms with van der Waals surface area (Å²) in [6.07, 6.45) is 2.27. The van der Waals surface area contributed by atoms with Crippen molar-refractivity contribution in [3.8, 4) is 0 Å². The third-order valence-corrected chi connectivity index (χ3v) is 3.18. The van der Waals surface area contributed by atoms with Crippen LogP contribution in [0.1, 0.15) is 18.0 Å². The van der Waals surface area contributed by atoms with Gasteiger partial charge < -0.3 is 5.32 Å². The normalized spacial score (nSPS) is 19.3. The first-order chi connectivity index (χ1) is 7.75. The van der Waals surface area contributed by atoms with E-state index in [-0.39, 0.29) is 11.9 Å². The van der Waals surface area contributed by atoms with Gasteiger partial charge in [-0.1, -0.05) is 17.7 Å². The number of hydrogen-bond donors (Lipinski definition) is 1. The van der Waals surface area contributed by atoms with Crippen molar-refractivity contribution in [2.75, 3.05) is 0 Å². The van der Waals surface area contributed by atoms with Crippen molar-refractivity contribution in [3.05, 3.63) is 41.0 Å². The van der Waals surface area contributed by atoms with E-state index in [4.69, 9.17) is 11.6 Å². The van der Waals surface area contributed by atoms with Crippen molar-refractivity contribution in [2.45, 2.75) is 12.5 Å². The molecular formula is C12H9ClN2O. The molecule has 1 amide bonds. The van der Waals surface area contributed by atoms with Gasteiger partial charge in [-0.3, -0.25) is 9.78 Å². The molecule has 2 heterocycles. The molecule has 3 nitrogen and oxygen atoms in total.